The number of esters is 1. The molecule has 0 aliphatic carbocycles. The van der Waals surface area contributed by atoms with Crippen molar-refractivity contribution in [2.75, 3.05) is 20.8 Å². The number of allylic oxidation sites excluding steroid dienone is 1. The molecule has 0 bridgehead atoms. The molecular weight excluding hydrogens is 528 g/mol. The van der Waals surface area contributed by atoms with Crippen LogP contribution in [0.2, 0.25) is 0 Å². The van der Waals surface area contributed by atoms with Crippen LogP contribution in [0.1, 0.15) is 43.9 Å². The van der Waals surface area contributed by atoms with Crippen LogP contribution in [0.15, 0.2) is 75.7 Å². The summed E-state index contributed by atoms with van der Waals surface area (Å²) < 4.78 is 18.5. The minimum Gasteiger partial charge on any atom is -0.504 e. The molecule has 1 unspecified atom stereocenters. The number of phenols is 1. The molecule has 0 fully saturated rings. The Morgan fingerprint density at radius 3 is 2.52 bits per heavy atom. The average molecular weight is 559 g/mol. The summed E-state index contributed by atoms with van der Waals surface area (Å²) in [5.41, 5.74) is 1.94. The number of hydrogen-bond acceptors (Lipinski definition) is 8. The van der Waals surface area contributed by atoms with E-state index in [0.717, 1.165) is 17.2 Å². The van der Waals surface area contributed by atoms with Gasteiger partial charge in [-0.15, -0.1) is 0 Å². The molecule has 2 heterocycles. The lowest BCUT2D eigenvalue weighted by atomic mass is 9.90. The van der Waals surface area contributed by atoms with E-state index >= 15 is 0 Å². The molecule has 206 valence electrons. The van der Waals surface area contributed by atoms with E-state index in [-0.39, 0.29) is 17.9 Å². The lowest BCUT2D eigenvalue weighted by molar-refractivity contribution is -0.139. The number of phenolic OH excluding ortho intramolecular Hbond substituents is 1. The normalized spacial score (nSPS) is 15.1. The van der Waals surface area contributed by atoms with Gasteiger partial charge in [0, 0.05) is 5.56 Å². The number of fused-ring (bicyclic) bond motifs is 2. The molecule has 9 heteroatoms. The maximum atomic E-state index is 14.1. The van der Waals surface area contributed by atoms with Gasteiger partial charge in [0.25, 0.3) is 5.56 Å². The summed E-state index contributed by atoms with van der Waals surface area (Å²) in [7, 11) is 3.05. The van der Waals surface area contributed by atoms with Crippen molar-refractivity contribution in [2.45, 2.75) is 32.7 Å². The van der Waals surface area contributed by atoms with E-state index in [0.29, 0.717) is 49.7 Å². The van der Waals surface area contributed by atoms with Crippen molar-refractivity contribution in [2.24, 2.45) is 4.99 Å². The van der Waals surface area contributed by atoms with Crippen molar-refractivity contribution in [1.29, 1.82) is 0 Å². The van der Waals surface area contributed by atoms with Gasteiger partial charge >= 0.3 is 5.97 Å². The molecule has 1 atom stereocenters. The van der Waals surface area contributed by atoms with Gasteiger partial charge < -0.3 is 19.3 Å². The van der Waals surface area contributed by atoms with E-state index in [4.69, 9.17) is 19.2 Å². The minimum atomic E-state index is -0.815. The fourth-order valence-corrected chi connectivity index (χ4v) is 6.10. The lowest BCUT2D eigenvalue weighted by Crippen LogP contribution is -2.40. The van der Waals surface area contributed by atoms with Gasteiger partial charge in [0.2, 0.25) is 0 Å². The van der Waals surface area contributed by atoms with Gasteiger partial charge in [-0.25, -0.2) is 9.79 Å². The first-order valence-electron chi connectivity index (χ1n) is 13.1. The van der Waals surface area contributed by atoms with Crippen molar-refractivity contribution in [3.05, 3.63) is 96.7 Å². The second kappa shape index (κ2) is 11.4. The largest absolute Gasteiger partial charge is 0.504 e. The number of aromatic nitrogens is 1. The van der Waals surface area contributed by atoms with E-state index in [9.17, 15) is 14.7 Å². The Morgan fingerprint density at radius 1 is 1.07 bits per heavy atom. The third-order valence-corrected chi connectivity index (χ3v) is 7.80. The van der Waals surface area contributed by atoms with Gasteiger partial charge in [-0.1, -0.05) is 61.1 Å². The number of rotatable bonds is 8. The highest BCUT2D eigenvalue weighted by molar-refractivity contribution is 7.07. The quantitative estimate of drug-likeness (QED) is 0.321. The van der Waals surface area contributed by atoms with Crippen molar-refractivity contribution in [1.82, 2.24) is 4.57 Å². The number of hydrogen-bond donors (Lipinski definition) is 1. The van der Waals surface area contributed by atoms with E-state index < -0.39 is 12.0 Å². The van der Waals surface area contributed by atoms with E-state index in [1.165, 1.54) is 24.5 Å². The van der Waals surface area contributed by atoms with E-state index in [2.05, 4.69) is 0 Å². The molecule has 1 aromatic heterocycles. The number of carbonyl (C=O) groups is 1. The number of nitrogens with zero attached hydrogens (tertiary/aromatic N) is 2. The molecular formula is C31H30N2O6S. The smallest absolute Gasteiger partial charge is 0.338 e. The third kappa shape index (κ3) is 4.77. The number of ether oxygens (including phenoxy) is 3. The monoisotopic (exact) mass is 558 g/mol. The summed E-state index contributed by atoms with van der Waals surface area (Å²) in [6.45, 7) is 3.96. The molecule has 1 N–H and O–H groups in total. The fourth-order valence-electron chi connectivity index (χ4n) is 5.08. The molecule has 4 aromatic rings. The molecule has 40 heavy (non-hydrogen) atoms. The Labute approximate surface area is 235 Å². The summed E-state index contributed by atoms with van der Waals surface area (Å²) in [5.74, 6) is 0.351. The Morgan fingerprint density at radius 2 is 1.82 bits per heavy atom. The molecule has 0 spiro atoms. The Hall–Kier alpha value is -4.37. The number of methoxy groups -OCH3 is 2. The van der Waals surface area contributed by atoms with Crippen LogP contribution in [0, 0.1) is 0 Å². The summed E-state index contributed by atoms with van der Waals surface area (Å²) in [6, 6.07) is 15.7. The topological polar surface area (TPSA) is 99.4 Å². The molecule has 0 saturated heterocycles. The molecule has 8 nitrogen and oxygen atoms in total. The Kier molecular flexibility index (Phi) is 7.75. The van der Waals surface area contributed by atoms with Crippen LogP contribution < -0.4 is 24.4 Å². The SMILES string of the molecule is CCCC1=C(C(=O)OCC)C(c2c(OC)ccc3ccccc23)n2c(s/c(=C\c3ccc(OC)c(O)c3)c2=O)=N1. The highest BCUT2D eigenvalue weighted by Gasteiger charge is 2.37. The first-order chi connectivity index (χ1) is 19.4. The molecule has 3 aromatic carbocycles. The molecule has 1 aliphatic rings. The van der Waals surface area contributed by atoms with Crippen LogP contribution >= 0.6 is 11.3 Å². The highest BCUT2D eigenvalue weighted by Crippen LogP contribution is 2.41. The summed E-state index contributed by atoms with van der Waals surface area (Å²) >= 11 is 1.23. The summed E-state index contributed by atoms with van der Waals surface area (Å²) in [4.78, 5) is 33.0. The second-order valence-corrected chi connectivity index (χ2v) is 10.3. The zero-order chi connectivity index (χ0) is 28.4. The first kappa shape index (κ1) is 27.2. The minimum absolute atomic E-state index is 0.0303. The van der Waals surface area contributed by atoms with Gasteiger partial charge in [0.15, 0.2) is 16.3 Å². The van der Waals surface area contributed by atoms with Crippen LogP contribution in [0.4, 0.5) is 0 Å². The average Bonchev–Trinajstić information content (AvgIpc) is 3.26. The second-order valence-electron chi connectivity index (χ2n) is 9.25. The zero-order valence-corrected chi connectivity index (χ0v) is 23.6. The summed E-state index contributed by atoms with van der Waals surface area (Å²) in [5, 5.41) is 12.1. The molecule has 1 aliphatic heterocycles. The number of carbonyl (C=O) groups excluding carboxylic acids is 1. The van der Waals surface area contributed by atoms with Crippen LogP contribution in [-0.4, -0.2) is 36.5 Å². The number of aromatic hydroxyl groups is 1. The van der Waals surface area contributed by atoms with E-state index in [1.807, 2.05) is 43.3 Å². The van der Waals surface area contributed by atoms with Crippen molar-refractivity contribution < 1.29 is 24.1 Å². The van der Waals surface area contributed by atoms with Gasteiger partial charge in [-0.3, -0.25) is 9.36 Å². The summed E-state index contributed by atoms with van der Waals surface area (Å²) in [6.07, 6.45) is 2.99. The van der Waals surface area contributed by atoms with Gasteiger partial charge in [-0.2, -0.15) is 0 Å². The predicted octanol–water partition coefficient (Wildman–Crippen LogP) is 4.45. The molecule has 5 rings (SSSR count). The lowest BCUT2D eigenvalue weighted by Gasteiger charge is -2.28. The maximum absolute atomic E-state index is 14.1. The van der Waals surface area contributed by atoms with Gasteiger partial charge in [0.05, 0.1) is 36.6 Å². The zero-order valence-electron chi connectivity index (χ0n) is 22.8. The molecule has 0 saturated carbocycles. The van der Waals surface area contributed by atoms with Crippen molar-refractivity contribution in [3.8, 4) is 17.2 Å². The van der Waals surface area contributed by atoms with Crippen molar-refractivity contribution in [3.63, 3.8) is 0 Å². The van der Waals surface area contributed by atoms with Gasteiger partial charge in [-0.05, 0) is 54.0 Å². The van der Waals surface area contributed by atoms with Crippen LogP contribution in [0.25, 0.3) is 16.8 Å². The Bertz CT molecular complexity index is 1820. The van der Waals surface area contributed by atoms with Gasteiger partial charge in [0.1, 0.15) is 11.8 Å². The number of benzene rings is 3. The van der Waals surface area contributed by atoms with Crippen LogP contribution in [0.3, 0.4) is 0 Å². The first-order valence-corrected chi connectivity index (χ1v) is 13.9. The van der Waals surface area contributed by atoms with E-state index in [1.54, 1.807) is 36.8 Å². The van der Waals surface area contributed by atoms with Crippen LogP contribution in [-0.2, 0) is 9.53 Å². The fraction of sp³-hybridized carbons (Fsp3) is 0.258. The molecule has 0 radical (unpaired) electrons. The number of thiazole rings is 1. The third-order valence-electron chi connectivity index (χ3n) is 6.82. The van der Waals surface area contributed by atoms with Crippen LogP contribution in [0.5, 0.6) is 17.2 Å². The maximum Gasteiger partial charge on any atom is 0.338 e. The molecule has 0 amide bonds. The Balaban J connectivity index is 1.85. The standard InChI is InChI=1S/C31H30N2O6S/c1-5-9-21-27(30(36)39-6-2)28(26-20-11-8-7-10-19(20)13-15-24(26)38-4)33-29(35)25(40-31(33)32-21)17-18-12-14-23(37-3)22(34)16-18/h7-8,10-17,28,34H,5-6,9H2,1-4H3/b25-17-. The van der Waals surface area contributed by atoms with Crippen molar-refractivity contribution >= 4 is 34.2 Å². The highest BCUT2D eigenvalue weighted by atomic mass is 32.1. The predicted molar refractivity (Wildman–Crippen MR) is 155 cm³/mol.